The van der Waals surface area contributed by atoms with Gasteiger partial charge in [0.05, 0.1) is 12.5 Å². The Bertz CT molecular complexity index is 558. The molecule has 0 aliphatic carbocycles. The van der Waals surface area contributed by atoms with Crippen LogP contribution in [0.3, 0.4) is 0 Å². The van der Waals surface area contributed by atoms with E-state index >= 15 is 0 Å². The monoisotopic (exact) mass is 295 g/mol. The molecule has 1 heterocycles. The van der Waals surface area contributed by atoms with Crippen LogP contribution in [0.4, 0.5) is 13.2 Å². The molecule has 0 saturated carbocycles. The van der Waals surface area contributed by atoms with Crippen molar-refractivity contribution in [3.05, 3.63) is 47.5 Å². The zero-order chi connectivity index (χ0) is 15.6. The number of aliphatic imine (C=N–C) groups is 1. The summed E-state index contributed by atoms with van der Waals surface area (Å²) in [6.45, 7) is 7.77. The Morgan fingerprint density at radius 1 is 1.43 bits per heavy atom. The van der Waals surface area contributed by atoms with Gasteiger partial charge in [-0.25, -0.2) is 0 Å². The fraction of sp³-hybridized carbons (Fsp3) is 0.471. The summed E-state index contributed by atoms with van der Waals surface area (Å²) in [4.78, 5) is 4.09. The first-order valence-electron chi connectivity index (χ1n) is 7.20. The van der Waals surface area contributed by atoms with E-state index in [2.05, 4.69) is 18.5 Å². The van der Waals surface area contributed by atoms with Crippen molar-refractivity contribution in [1.82, 2.24) is 0 Å². The standard InChI is InChI=1S/C17H20F3N/c1-4-12(5-2)15-7-6-13(8-11(15)3)16-9-14(10-21-16)17(18,19)20/h4,6-8,12,14H,1,5,9-10H2,2-3H3. The van der Waals surface area contributed by atoms with Gasteiger partial charge in [-0.15, -0.1) is 6.58 Å². The Kier molecular flexibility index (Phi) is 4.55. The summed E-state index contributed by atoms with van der Waals surface area (Å²) in [7, 11) is 0. The van der Waals surface area contributed by atoms with Gasteiger partial charge in [0, 0.05) is 18.1 Å². The van der Waals surface area contributed by atoms with E-state index in [0.717, 1.165) is 17.5 Å². The third-order valence-electron chi connectivity index (χ3n) is 4.13. The molecule has 4 heteroatoms. The molecule has 0 saturated heterocycles. The van der Waals surface area contributed by atoms with Crippen LogP contribution in [-0.2, 0) is 0 Å². The molecule has 1 aliphatic rings. The Morgan fingerprint density at radius 2 is 2.14 bits per heavy atom. The van der Waals surface area contributed by atoms with Crippen molar-refractivity contribution in [2.75, 3.05) is 6.54 Å². The number of aryl methyl sites for hydroxylation is 1. The van der Waals surface area contributed by atoms with Crippen LogP contribution in [0.2, 0.25) is 0 Å². The van der Waals surface area contributed by atoms with E-state index in [0.29, 0.717) is 5.71 Å². The lowest BCUT2D eigenvalue weighted by molar-refractivity contribution is -0.167. The molecule has 0 aromatic heterocycles. The topological polar surface area (TPSA) is 12.4 Å². The quantitative estimate of drug-likeness (QED) is 0.690. The van der Waals surface area contributed by atoms with Crippen molar-refractivity contribution in [3.63, 3.8) is 0 Å². The van der Waals surface area contributed by atoms with E-state index in [1.165, 1.54) is 5.56 Å². The van der Waals surface area contributed by atoms with Crippen molar-refractivity contribution in [1.29, 1.82) is 0 Å². The molecule has 0 bridgehead atoms. The summed E-state index contributed by atoms with van der Waals surface area (Å²) in [5.74, 6) is -1.04. The van der Waals surface area contributed by atoms with Crippen LogP contribution in [-0.4, -0.2) is 18.4 Å². The van der Waals surface area contributed by atoms with E-state index in [1.54, 1.807) is 0 Å². The van der Waals surface area contributed by atoms with Crippen molar-refractivity contribution in [3.8, 4) is 0 Å². The minimum absolute atomic E-state index is 0.0129. The molecule has 0 amide bonds. The maximum absolute atomic E-state index is 12.7. The lowest BCUT2D eigenvalue weighted by atomic mass is 9.90. The number of hydrogen-bond acceptors (Lipinski definition) is 1. The molecule has 2 atom stereocenters. The first-order valence-corrected chi connectivity index (χ1v) is 7.20. The number of allylic oxidation sites excluding steroid dienone is 1. The van der Waals surface area contributed by atoms with Crippen LogP contribution in [0.5, 0.6) is 0 Å². The number of nitrogens with zero attached hydrogens (tertiary/aromatic N) is 1. The van der Waals surface area contributed by atoms with Gasteiger partial charge in [-0.05, 0) is 36.1 Å². The van der Waals surface area contributed by atoms with Crippen molar-refractivity contribution < 1.29 is 13.2 Å². The predicted molar refractivity (Wildman–Crippen MR) is 80.0 cm³/mol. The first kappa shape index (κ1) is 15.8. The molecule has 1 nitrogen and oxygen atoms in total. The van der Waals surface area contributed by atoms with E-state index in [1.807, 2.05) is 31.2 Å². The molecular formula is C17H20F3N. The molecule has 1 aromatic carbocycles. The van der Waals surface area contributed by atoms with Crippen molar-refractivity contribution >= 4 is 5.71 Å². The Morgan fingerprint density at radius 3 is 2.62 bits per heavy atom. The van der Waals surface area contributed by atoms with Gasteiger partial charge >= 0.3 is 6.18 Å². The average molecular weight is 295 g/mol. The highest BCUT2D eigenvalue weighted by atomic mass is 19.4. The smallest absolute Gasteiger partial charge is 0.288 e. The highest BCUT2D eigenvalue weighted by Crippen LogP contribution is 2.34. The van der Waals surface area contributed by atoms with Crippen LogP contribution >= 0.6 is 0 Å². The number of alkyl halides is 3. The Labute approximate surface area is 123 Å². The lowest BCUT2D eigenvalue weighted by Crippen LogP contribution is -2.23. The number of hydrogen-bond donors (Lipinski definition) is 0. The SMILES string of the molecule is C=CC(CC)c1ccc(C2=NCC(C(F)(F)F)C2)cc1C. The van der Waals surface area contributed by atoms with E-state index in [9.17, 15) is 13.2 Å². The van der Waals surface area contributed by atoms with Crippen LogP contribution in [0, 0.1) is 12.8 Å². The fourth-order valence-corrected chi connectivity index (χ4v) is 2.80. The van der Waals surface area contributed by atoms with E-state index in [4.69, 9.17) is 0 Å². The Hall–Kier alpha value is -1.58. The van der Waals surface area contributed by atoms with E-state index in [-0.39, 0.29) is 18.9 Å². The molecule has 2 rings (SSSR count). The summed E-state index contributed by atoms with van der Waals surface area (Å²) in [6.07, 6.45) is -1.30. The van der Waals surface area contributed by atoms with Crippen LogP contribution < -0.4 is 0 Å². The fourth-order valence-electron chi connectivity index (χ4n) is 2.80. The zero-order valence-electron chi connectivity index (χ0n) is 12.4. The normalized spacial score (nSPS) is 20.2. The van der Waals surface area contributed by atoms with E-state index < -0.39 is 12.1 Å². The highest BCUT2D eigenvalue weighted by molar-refractivity contribution is 6.02. The second kappa shape index (κ2) is 6.04. The number of halogens is 3. The molecule has 21 heavy (non-hydrogen) atoms. The number of rotatable bonds is 4. The third kappa shape index (κ3) is 3.36. The van der Waals surface area contributed by atoms with Gasteiger partial charge < -0.3 is 0 Å². The summed E-state index contributed by atoms with van der Waals surface area (Å²) in [5.41, 5.74) is 3.64. The molecular weight excluding hydrogens is 275 g/mol. The van der Waals surface area contributed by atoms with Gasteiger partial charge in [-0.3, -0.25) is 4.99 Å². The minimum atomic E-state index is -4.16. The lowest BCUT2D eigenvalue weighted by Gasteiger charge is -2.15. The molecule has 1 aliphatic heterocycles. The predicted octanol–water partition coefficient (Wildman–Crippen LogP) is 5.05. The maximum atomic E-state index is 12.7. The maximum Gasteiger partial charge on any atom is 0.393 e. The van der Waals surface area contributed by atoms with Crippen LogP contribution in [0.25, 0.3) is 0 Å². The molecule has 0 spiro atoms. The van der Waals surface area contributed by atoms with Gasteiger partial charge in [0.1, 0.15) is 0 Å². The first-order chi connectivity index (χ1) is 9.86. The highest BCUT2D eigenvalue weighted by Gasteiger charge is 2.42. The van der Waals surface area contributed by atoms with Crippen LogP contribution in [0.1, 0.15) is 42.4 Å². The number of benzene rings is 1. The van der Waals surface area contributed by atoms with Gasteiger partial charge in [0.25, 0.3) is 0 Å². The minimum Gasteiger partial charge on any atom is -0.288 e. The summed E-state index contributed by atoms with van der Waals surface area (Å²) in [6, 6.07) is 5.81. The second-order valence-corrected chi connectivity index (χ2v) is 5.55. The summed E-state index contributed by atoms with van der Waals surface area (Å²) >= 11 is 0. The molecule has 0 radical (unpaired) electrons. The molecule has 2 unspecified atom stereocenters. The third-order valence-corrected chi connectivity index (χ3v) is 4.13. The summed E-state index contributed by atoms with van der Waals surface area (Å²) < 4.78 is 38.1. The second-order valence-electron chi connectivity index (χ2n) is 5.55. The molecule has 0 fully saturated rings. The molecule has 114 valence electrons. The summed E-state index contributed by atoms with van der Waals surface area (Å²) in [5, 5.41) is 0. The molecule has 0 N–H and O–H groups in total. The van der Waals surface area contributed by atoms with Gasteiger partial charge in [0.15, 0.2) is 0 Å². The largest absolute Gasteiger partial charge is 0.393 e. The van der Waals surface area contributed by atoms with Crippen molar-refractivity contribution in [2.45, 2.75) is 38.8 Å². The van der Waals surface area contributed by atoms with Gasteiger partial charge in [-0.1, -0.05) is 25.1 Å². The Balaban J connectivity index is 2.20. The van der Waals surface area contributed by atoms with Crippen molar-refractivity contribution in [2.24, 2.45) is 10.9 Å². The average Bonchev–Trinajstić information content (AvgIpc) is 2.91. The van der Waals surface area contributed by atoms with Gasteiger partial charge in [-0.2, -0.15) is 13.2 Å². The molecule has 1 aromatic rings. The zero-order valence-corrected chi connectivity index (χ0v) is 12.4. The van der Waals surface area contributed by atoms with Crippen LogP contribution in [0.15, 0.2) is 35.8 Å². The van der Waals surface area contributed by atoms with Gasteiger partial charge in [0.2, 0.25) is 0 Å².